The Labute approximate surface area is 162 Å². The Kier molecular flexibility index (Phi) is 6.63. The monoisotopic (exact) mass is 417 g/mol. The molecule has 1 aliphatic rings. The van der Waals surface area contributed by atoms with Gasteiger partial charge in [0.1, 0.15) is 5.75 Å². The number of rotatable bonds is 6. The van der Waals surface area contributed by atoms with Gasteiger partial charge in [-0.15, -0.1) is 0 Å². The molecule has 6 heteroatoms. The Hall–Kier alpha value is -1.92. The topological polar surface area (TPSA) is 54.5 Å². The summed E-state index contributed by atoms with van der Waals surface area (Å²) < 4.78 is 6.07. The van der Waals surface area contributed by atoms with Gasteiger partial charge in [0.25, 0.3) is 5.91 Å². The summed E-state index contributed by atoms with van der Waals surface area (Å²) in [5, 5.41) is 3.08. The predicted molar refractivity (Wildman–Crippen MR) is 105 cm³/mol. The summed E-state index contributed by atoms with van der Waals surface area (Å²) in [5.74, 6) is 0.740. The number of hydrogen-bond donors (Lipinski definition) is 1. The van der Waals surface area contributed by atoms with Crippen LogP contribution in [-0.4, -0.2) is 42.5 Å². The number of hydrogen-bond acceptors (Lipinski definition) is 4. The van der Waals surface area contributed by atoms with Gasteiger partial charge >= 0.3 is 0 Å². The molecule has 1 amide bonds. The summed E-state index contributed by atoms with van der Waals surface area (Å²) in [4.78, 5) is 19.0. The van der Waals surface area contributed by atoms with Gasteiger partial charge in [0.15, 0.2) is 0 Å². The van der Waals surface area contributed by atoms with Gasteiger partial charge in [-0.2, -0.15) is 0 Å². The Morgan fingerprint density at radius 3 is 2.62 bits per heavy atom. The van der Waals surface area contributed by atoms with Gasteiger partial charge in [-0.3, -0.25) is 14.7 Å². The molecule has 1 atom stereocenters. The van der Waals surface area contributed by atoms with Gasteiger partial charge in [0.2, 0.25) is 0 Å². The van der Waals surface area contributed by atoms with E-state index in [1.807, 2.05) is 12.1 Å². The van der Waals surface area contributed by atoms with E-state index in [1.165, 1.54) is 24.8 Å². The van der Waals surface area contributed by atoms with Crippen LogP contribution in [0.3, 0.4) is 0 Å². The maximum atomic E-state index is 12.5. The normalized spacial score (nSPS) is 16.1. The smallest absolute Gasteiger partial charge is 0.252 e. The van der Waals surface area contributed by atoms with Crippen LogP contribution in [0.25, 0.3) is 0 Å². The van der Waals surface area contributed by atoms with Crippen LogP contribution >= 0.6 is 15.9 Å². The summed E-state index contributed by atoms with van der Waals surface area (Å²) >= 11 is 3.36. The zero-order chi connectivity index (χ0) is 18.4. The molecule has 1 aliphatic heterocycles. The van der Waals surface area contributed by atoms with Crippen LogP contribution in [0.2, 0.25) is 0 Å². The molecule has 26 heavy (non-hydrogen) atoms. The lowest BCUT2D eigenvalue weighted by Gasteiger charge is -2.35. The molecule has 1 N–H and O–H groups in total. The minimum atomic E-state index is -0.102. The van der Waals surface area contributed by atoms with Crippen molar-refractivity contribution in [1.82, 2.24) is 15.2 Å². The molecule has 0 bridgehead atoms. The number of carbonyl (C=O) groups is 1. The number of aromatic nitrogens is 1. The van der Waals surface area contributed by atoms with Crippen LogP contribution in [0.15, 0.2) is 47.2 Å². The Morgan fingerprint density at radius 2 is 1.96 bits per heavy atom. The summed E-state index contributed by atoms with van der Waals surface area (Å²) in [6, 6.07) is 10.1. The quantitative estimate of drug-likeness (QED) is 0.775. The number of likely N-dealkylation sites (tertiary alicyclic amines) is 1. The fourth-order valence-electron chi connectivity index (χ4n) is 3.34. The van der Waals surface area contributed by atoms with Crippen LogP contribution in [0.1, 0.15) is 41.2 Å². The van der Waals surface area contributed by atoms with Gasteiger partial charge < -0.3 is 10.1 Å². The zero-order valence-electron chi connectivity index (χ0n) is 15.0. The molecule has 138 valence electrons. The molecule has 1 fully saturated rings. The van der Waals surface area contributed by atoms with E-state index >= 15 is 0 Å². The lowest BCUT2D eigenvalue weighted by Crippen LogP contribution is -2.40. The Morgan fingerprint density at radius 1 is 1.23 bits per heavy atom. The van der Waals surface area contributed by atoms with E-state index < -0.39 is 0 Å². The summed E-state index contributed by atoms with van der Waals surface area (Å²) in [6.45, 7) is 2.69. The van der Waals surface area contributed by atoms with E-state index in [-0.39, 0.29) is 11.9 Å². The Bertz CT molecular complexity index is 730. The molecule has 0 radical (unpaired) electrons. The van der Waals surface area contributed by atoms with E-state index in [1.54, 1.807) is 25.6 Å². The SMILES string of the molecule is COc1ccc(C(CNC(=O)c2cncc(Br)c2)N2CCCCC2)cc1. The molecule has 1 aromatic heterocycles. The van der Waals surface area contributed by atoms with Gasteiger partial charge in [0, 0.05) is 23.4 Å². The molecule has 0 spiro atoms. The van der Waals surface area contributed by atoms with Gasteiger partial charge in [-0.05, 0) is 65.6 Å². The lowest BCUT2D eigenvalue weighted by atomic mass is 10.0. The van der Waals surface area contributed by atoms with Crippen molar-refractivity contribution in [3.05, 3.63) is 58.3 Å². The van der Waals surface area contributed by atoms with Crippen molar-refractivity contribution in [3.63, 3.8) is 0 Å². The molecular weight excluding hydrogens is 394 g/mol. The number of nitrogens with zero attached hydrogens (tertiary/aromatic N) is 2. The van der Waals surface area contributed by atoms with Gasteiger partial charge in [0.05, 0.1) is 18.7 Å². The second-order valence-corrected chi connectivity index (χ2v) is 7.40. The van der Waals surface area contributed by atoms with Gasteiger partial charge in [-0.25, -0.2) is 0 Å². The number of pyridine rings is 1. The van der Waals surface area contributed by atoms with Crippen molar-refractivity contribution in [3.8, 4) is 5.75 Å². The molecular formula is C20H24BrN3O2. The number of ether oxygens (including phenoxy) is 1. The number of carbonyl (C=O) groups excluding carboxylic acids is 1. The van der Waals surface area contributed by atoms with E-state index in [9.17, 15) is 4.79 Å². The lowest BCUT2D eigenvalue weighted by molar-refractivity contribution is 0.0924. The zero-order valence-corrected chi connectivity index (χ0v) is 16.5. The average molecular weight is 418 g/mol. The third-order valence-corrected chi connectivity index (χ3v) is 5.19. The molecule has 1 unspecified atom stereocenters. The third-order valence-electron chi connectivity index (χ3n) is 4.76. The molecule has 2 aromatic rings. The summed E-state index contributed by atoms with van der Waals surface area (Å²) in [7, 11) is 1.67. The molecule has 3 rings (SSSR count). The first-order chi connectivity index (χ1) is 12.7. The minimum Gasteiger partial charge on any atom is -0.497 e. The fourth-order valence-corrected chi connectivity index (χ4v) is 3.71. The molecule has 5 nitrogen and oxygen atoms in total. The van der Waals surface area contributed by atoms with Crippen LogP contribution in [-0.2, 0) is 0 Å². The molecule has 1 saturated heterocycles. The summed E-state index contributed by atoms with van der Waals surface area (Å²) in [6.07, 6.45) is 6.95. The molecule has 0 saturated carbocycles. The predicted octanol–water partition coefficient (Wildman–Crippen LogP) is 3.81. The van der Waals surface area contributed by atoms with Crippen LogP contribution in [0, 0.1) is 0 Å². The van der Waals surface area contributed by atoms with Crippen LogP contribution < -0.4 is 10.1 Å². The largest absolute Gasteiger partial charge is 0.497 e. The van der Waals surface area contributed by atoms with E-state index in [0.717, 1.165) is 23.3 Å². The van der Waals surface area contributed by atoms with Crippen molar-refractivity contribution in [1.29, 1.82) is 0 Å². The van der Waals surface area contributed by atoms with Crippen molar-refractivity contribution in [2.24, 2.45) is 0 Å². The van der Waals surface area contributed by atoms with Crippen molar-refractivity contribution >= 4 is 21.8 Å². The second kappa shape index (κ2) is 9.14. The number of methoxy groups -OCH3 is 1. The van der Waals surface area contributed by atoms with E-state index in [0.29, 0.717) is 12.1 Å². The number of halogens is 1. The highest BCUT2D eigenvalue weighted by molar-refractivity contribution is 9.10. The number of piperidine rings is 1. The van der Waals surface area contributed by atoms with Crippen molar-refractivity contribution < 1.29 is 9.53 Å². The summed E-state index contributed by atoms with van der Waals surface area (Å²) in [5.41, 5.74) is 1.76. The number of benzene rings is 1. The fraction of sp³-hybridized carbons (Fsp3) is 0.400. The molecule has 2 heterocycles. The Balaban J connectivity index is 1.73. The first kappa shape index (κ1) is 18.9. The van der Waals surface area contributed by atoms with E-state index in [2.05, 4.69) is 43.3 Å². The van der Waals surface area contributed by atoms with Gasteiger partial charge in [-0.1, -0.05) is 18.6 Å². The molecule has 1 aromatic carbocycles. The maximum absolute atomic E-state index is 12.5. The average Bonchev–Trinajstić information content (AvgIpc) is 2.69. The second-order valence-electron chi connectivity index (χ2n) is 6.49. The van der Waals surface area contributed by atoms with E-state index in [4.69, 9.17) is 4.74 Å². The van der Waals surface area contributed by atoms with Crippen LogP contribution in [0.5, 0.6) is 5.75 Å². The highest BCUT2D eigenvalue weighted by Crippen LogP contribution is 2.26. The number of nitrogens with one attached hydrogen (secondary N) is 1. The molecule has 0 aliphatic carbocycles. The van der Waals surface area contributed by atoms with Crippen molar-refractivity contribution in [2.75, 3.05) is 26.7 Å². The first-order valence-corrected chi connectivity index (χ1v) is 9.73. The van der Waals surface area contributed by atoms with Crippen LogP contribution in [0.4, 0.5) is 0 Å². The minimum absolute atomic E-state index is 0.102. The maximum Gasteiger partial charge on any atom is 0.252 e. The third kappa shape index (κ3) is 4.83. The standard InChI is InChI=1S/C20H24BrN3O2/c1-26-18-7-5-15(6-8-18)19(24-9-3-2-4-10-24)14-23-20(25)16-11-17(21)13-22-12-16/h5-8,11-13,19H,2-4,9-10,14H2,1H3,(H,23,25). The first-order valence-electron chi connectivity index (χ1n) is 8.94. The number of amides is 1. The highest BCUT2D eigenvalue weighted by Gasteiger charge is 2.23. The highest BCUT2D eigenvalue weighted by atomic mass is 79.9. The van der Waals surface area contributed by atoms with Crippen molar-refractivity contribution in [2.45, 2.75) is 25.3 Å².